The summed E-state index contributed by atoms with van der Waals surface area (Å²) in [5.41, 5.74) is 1.91. The number of carbonyl (C=O) groups excluding carboxylic acids is 1. The van der Waals surface area contributed by atoms with Gasteiger partial charge >= 0.3 is 5.97 Å². The zero-order chi connectivity index (χ0) is 15.4. The maximum atomic E-state index is 12.4. The molecule has 114 valence electrons. The molecule has 1 unspecified atom stereocenters. The van der Waals surface area contributed by atoms with Gasteiger partial charge in [-0.15, -0.1) is 0 Å². The van der Waals surface area contributed by atoms with E-state index in [2.05, 4.69) is 19.2 Å². The lowest BCUT2D eigenvalue weighted by atomic mass is 9.95. The van der Waals surface area contributed by atoms with Gasteiger partial charge in [0, 0.05) is 5.69 Å². The van der Waals surface area contributed by atoms with Crippen LogP contribution in [0, 0.1) is 17.8 Å². The summed E-state index contributed by atoms with van der Waals surface area (Å²) in [6.07, 6.45) is 3.12. The van der Waals surface area contributed by atoms with E-state index in [0.717, 1.165) is 24.1 Å². The van der Waals surface area contributed by atoms with Gasteiger partial charge in [-0.05, 0) is 42.9 Å². The summed E-state index contributed by atoms with van der Waals surface area (Å²) in [6, 6.07) is 7.71. The van der Waals surface area contributed by atoms with Gasteiger partial charge in [0.1, 0.15) is 0 Å². The minimum Gasteiger partial charge on any atom is -0.481 e. The first kappa shape index (κ1) is 15.5. The van der Waals surface area contributed by atoms with Crippen molar-refractivity contribution in [1.82, 2.24) is 0 Å². The third-order valence-corrected chi connectivity index (χ3v) is 4.49. The number of amides is 1. The molecule has 4 nitrogen and oxygen atoms in total. The minimum absolute atomic E-state index is 0.161. The Hall–Kier alpha value is -1.84. The van der Waals surface area contributed by atoms with Crippen LogP contribution in [0.5, 0.6) is 0 Å². The zero-order valence-electron chi connectivity index (χ0n) is 12.6. The molecule has 0 bridgehead atoms. The molecule has 0 radical (unpaired) electrons. The number of nitrogens with one attached hydrogen (secondary N) is 1. The summed E-state index contributed by atoms with van der Waals surface area (Å²) in [4.78, 5) is 23.8. The fourth-order valence-corrected chi connectivity index (χ4v) is 3.14. The molecule has 3 atom stereocenters. The van der Waals surface area contributed by atoms with Gasteiger partial charge < -0.3 is 10.4 Å². The van der Waals surface area contributed by atoms with Gasteiger partial charge in [0.15, 0.2) is 0 Å². The number of carbonyl (C=O) groups is 2. The van der Waals surface area contributed by atoms with Crippen molar-refractivity contribution < 1.29 is 14.7 Å². The second kappa shape index (κ2) is 6.74. The number of aryl methyl sites for hydroxylation is 1. The number of rotatable bonds is 5. The van der Waals surface area contributed by atoms with E-state index in [0.29, 0.717) is 18.8 Å². The molecule has 1 aliphatic rings. The number of benzene rings is 1. The van der Waals surface area contributed by atoms with Crippen LogP contribution in [-0.2, 0) is 16.0 Å². The number of anilines is 1. The van der Waals surface area contributed by atoms with Gasteiger partial charge in [0.25, 0.3) is 0 Å². The van der Waals surface area contributed by atoms with E-state index in [1.807, 2.05) is 24.3 Å². The molecule has 1 aliphatic carbocycles. The third-order valence-electron chi connectivity index (χ3n) is 4.49. The minimum atomic E-state index is -0.853. The molecular formula is C17H23NO3. The van der Waals surface area contributed by atoms with Crippen molar-refractivity contribution in [3.05, 3.63) is 29.8 Å². The molecule has 0 spiro atoms. The highest BCUT2D eigenvalue weighted by Gasteiger charge is 2.42. The summed E-state index contributed by atoms with van der Waals surface area (Å²) in [7, 11) is 0. The first-order valence-electron chi connectivity index (χ1n) is 7.67. The topological polar surface area (TPSA) is 66.4 Å². The maximum Gasteiger partial charge on any atom is 0.307 e. The quantitative estimate of drug-likeness (QED) is 0.873. The summed E-state index contributed by atoms with van der Waals surface area (Å²) in [5, 5.41) is 12.2. The molecule has 1 aromatic carbocycles. The van der Waals surface area contributed by atoms with Gasteiger partial charge in [0.2, 0.25) is 5.91 Å². The molecule has 1 aromatic rings. The average Bonchev–Trinajstić information content (AvgIpc) is 2.92. The van der Waals surface area contributed by atoms with Crippen LogP contribution in [0.4, 0.5) is 5.69 Å². The summed E-state index contributed by atoms with van der Waals surface area (Å²) in [6.45, 7) is 4.11. The van der Waals surface area contributed by atoms with E-state index in [9.17, 15) is 14.7 Å². The molecule has 2 rings (SSSR count). The number of hydrogen-bond donors (Lipinski definition) is 2. The maximum absolute atomic E-state index is 12.4. The van der Waals surface area contributed by atoms with E-state index in [4.69, 9.17) is 0 Å². The van der Waals surface area contributed by atoms with Crippen LogP contribution in [0.3, 0.4) is 0 Å². The van der Waals surface area contributed by atoms with E-state index in [1.165, 1.54) is 0 Å². The summed E-state index contributed by atoms with van der Waals surface area (Å²) in [5.74, 6) is -1.65. The molecule has 4 heteroatoms. The van der Waals surface area contributed by atoms with Crippen LogP contribution in [0.25, 0.3) is 0 Å². The van der Waals surface area contributed by atoms with Crippen molar-refractivity contribution >= 4 is 17.6 Å². The fourth-order valence-electron chi connectivity index (χ4n) is 3.14. The van der Waals surface area contributed by atoms with E-state index >= 15 is 0 Å². The highest BCUT2D eigenvalue weighted by Crippen LogP contribution is 2.39. The Morgan fingerprint density at radius 1 is 1.24 bits per heavy atom. The SMILES string of the molecule is CCc1cccc(NC(=O)[C@H]2CC(CC)C[C@H]2C(=O)O)c1. The standard InChI is InChI=1S/C17H23NO3/c1-3-11-6-5-7-13(8-11)18-16(19)14-9-12(4-2)10-15(14)17(20)21/h5-8,12,14-15H,3-4,9-10H2,1-2H3,(H,18,19)(H,20,21)/t12?,14-,15+/m0/s1. The fraction of sp³-hybridized carbons (Fsp3) is 0.529. The van der Waals surface area contributed by atoms with Gasteiger partial charge in [-0.2, -0.15) is 0 Å². The lowest BCUT2D eigenvalue weighted by Crippen LogP contribution is -2.30. The van der Waals surface area contributed by atoms with Crippen LogP contribution in [0.2, 0.25) is 0 Å². The van der Waals surface area contributed by atoms with Crippen molar-refractivity contribution in [2.24, 2.45) is 17.8 Å². The molecule has 0 saturated heterocycles. The van der Waals surface area contributed by atoms with Crippen LogP contribution in [-0.4, -0.2) is 17.0 Å². The molecule has 0 aromatic heterocycles. The Morgan fingerprint density at radius 3 is 2.57 bits per heavy atom. The molecule has 2 N–H and O–H groups in total. The van der Waals surface area contributed by atoms with Gasteiger partial charge in [-0.1, -0.05) is 32.4 Å². The van der Waals surface area contributed by atoms with Crippen molar-refractivity contribution in [2.75, 3.05) is 5.32 Å². The van der Waals surface area contributed by atoms with E-state index in [-0.39, 0.29) is 5.91 Å². The normalized spacial score (nSPS) is 24.8. The van der Waals surface area contributed by atoms with Crippen LogP contribution in [0.1, 0.15) is 38.7 Å². The summed E-state index contributed by atoms with van der Waals surface area (Å²) < 4.78 is 0. The first-order valence-corrected chi connectivity index (χ1v) is 7.67. The Bertz CT molecular complexity index is 527. The van der Waals surface area contributed by atoms with Crippen molar-refractivity contribution in [2.45, 2.75) is 39.5 Å². The second-order valence-electron chi connectivity index (χ2n) is 5.84. The van der Waals surface area contributed by atoms with Crippen LogP contribution >= 0.6 is 0 Å². The Morgan fingerprint density at radius 2 is 1.95 bits per heavy atom. The molecule has 0 aliphatic heterocycles. The van der Waals surface area contributed by atoms with Gasteiger partial charge in [0.05, 0.1) is 11.8 Å². The number of carboxylic acids is 1. The second-order valence-corrected chi connectivity index (χ2v) is 5.84. The average molecular weight is 289 g/mol. The Balaban J connectivity index is 2.09. The molecular weight excluding hydrogens is 266 g/mol. The molecule has 1 fully saturated rings. The van der Waals surface area contributed by atoms with Crippen molar-refractivity contribution in [1.29, 1.82) is 0 Å². The van der Waals surface area contributed by atoms with Crippen LogP contribution < -0.4 is 5.32 Å². The van der Waals surface area contributed by atoms with Crippen LogP contribution in [0.15, 0.2) is 24.3 Å². The highest BCUT2D eigenvalue weighted by molar-refractivity contribution is 5.95. The monoisotopic (exact) mass is 289 g/mol. The van der Waals surface area contributed by atoms with E-state index in [1.54, 1.807) is 0 Å². The number of aliphatic carboxylic acids is 1. The number of hydrogen-bond acceptors (Lipinski definition) is 2. The predicted octanol–water partition coefficient (Wildman–Crippen LogP) is 3.32. The number of carboxylic acid groups (broad SMARTS) is 1. The first-order chi connectivity index (χ1) is 10.0. The molecule has 0 heterocycles. The zero-order valence-corrected chi connectivity index (χ0v) is 12.6. The molecule has 1 amide bonds. The highest BCUT2D eigenvalue weighted by atomic mass is 16.4. The smallest absolute Gasteiger partial charge is 0.307 e. The molecule has 1 saturated carbocycles. The van der Waals surface area contributed by atoms with Crippen molar-refractivity contribution in [3.8, 4) is 0 Å². The third kappa shape index (κ3) is 3.63. The lowest BCUT2D eigenvalue weighted by Gasteiger charge is -2.16. The lowest BCUT2D eigenvalue weighted by molar-refractivity contribution is -0.145. The van der Waals surface area contributed by atoms with Gasteiger partial charge in [-0.3, -0.25) is 9.59 Å². The summed E-state index contributed by atoms with van der Waals surface area (Å²) >= 11 is 0. The van der Waals surface area contributed by atoms with E-state index < -0.39 is 17.8 Å². The Kier molecular flexibility index (Phi) is 4.99. The predicted molar refractivity (Wildman–Crippen MR) is 82.1 cm³/mol. The van der Waals surface area contributed by atoms with Crippen molar-refractivity contribution in [3.63, 3.8) is 0 Å². The van der Waals surface area contributed by atoms with Gasteiger partial charge in [-0.25, -0.2) is 0 Å². The largest absolute Gasteiger partial charge is 0.481 e. The Labute approximate surface area is 125 Å². The molecule has 21 heavy (non-hydrogen) atoms.